The van der Waals surface area contributed by atoms with Gasteiger partial charge in [-0.1, -0.05) is 112 Å². The highest BCUT2D eigenvalue weighted by Crippen LogP contribution is 2.23. The smallest absolute Gasteiger partial charge is 0.146 e. The maximum absolute atomic E-state index is 13.1. The molecule has 5 aromatic carbocycles. The average molecular weight is 796 g/mol. The molecule has 0 spiro atoms. The van der Waals surface area contributed by atoms with Gasteiger partial charge < -0.3 is 26.2 Å². The van der Waals surface area contributed by atoms with Crippen molar-refractivity contribution in [3.63, 3.8) is 0 Å². The number of rotatable bonds is 10. The Hall–Kier alpha value is -5.04. The topological polar surface area (TPSA) is 51.4 Å². The second kappa shape index (κ2) is 26.8. The first kappa shape index (κ1) is 51.0. The van der Waals surface area contributed by atoms with Crippen LogP contribution in [0, 0.1) is 11.6 Å². The highest BCUT2D eigenvalue weighted by molar-refractivity contribution is 5.49. The molecule has 0 aliphatic carbocycles. The SMILES string of the molecule is CC(C)c1cccc(N(C)C)c1.CNc1cc(C(C)C)ccc1F.CNc1ccc(C(C)C)cc1.CNc1ccc(F)c(C(C)C)c1.CNc1cccc(C(C)C)c1. The molecule has 5 rings (SSSR count). The summed E-state index contributed by atoms with van der Waals surface area (Å²) in [6, 6.07) is 36.0. The summed E-state index contributed by atoms with van der Waals surface area (Å²) in [4.78, 5) is 2.13. The van der Waals surface area contributed by atoms with E-state index >= 15 is 0 Å². The Morgan fingerprint density at radius 2 is 0.828 bits per heavy atom. The number of nitrogens with zero attached hydrogens (tertiary/aromatic N) is 1. The van der Waals surface area contributed by atoms with Crippen LogP contribution in [0.25, 0.3) is 0 Å². The van der Waals surface area contributed by atoms with Crippen LogP contribution in [-0.2, 0) is 0 Å². The van der Waals surface area contributed by atoms with Crippen LogP contribution < -0.4 is 26.2 Å². The lowest BCUT2D eigenvalue weighted by atomic mass is 10.0. The highest BCUT2D eigenvalue weighted by Gasteiger charge is 2.07. The summed E-state index contributed by atoms with van der Waals surface area (Å²) in [5, 5.41) is 12.0. The van der Waals surface area contributed by atoms with E-state index < -0.39 is 0 Å². The van der Waals surface area contributed by atoms with Crippen LogP contribution in [0.2, 0.25) is 0 Å². The number of anilines is 5. The molecule has 58 heavy (non-hydrogen) atoms. The van der Waals surface area contributed by atoms with Gasteiger partial charge in [0.15, 0.2) is 0 Å². The van der Waals surface area contributed by atoms with Crippen LogP contribution in [-0.4, -0.2) is 42.3 Å². The third-order valence-corrected chi connectivity index (χ3v) is 9.59. The Bertz CT molecular complexity index is 1840. The van der Waals surface area contributed by atoms with E-state index in [0.29, 0.717) is 29.4 Å². The van der Waals surface area contributed by atoms with Crippen molar-refractivity contribution in [1.29, 1.82) is 0 Å². The number of nitrogens with one attached hydrogen (secondary N) is 4. The zero-order valence-corrected chi connectivity index (χ0v) is 38.5. The molecule has 0 unspecified atom stereocenters. The summed E-state index contributed by atoms with van der Waals surface area (Å²) in [6.45, 7) is 21.4. The summed E-state index contributed by atoms with van der Waals surface area (Å²) in [7, 11) is 11.6. The Labute approximate surface area is 352 Å². The third-order valence-electron chi connectivity index (χ3n) is 9.59. The number of halogens is 2. The minimum Gasteiger partial charge on any atom is -0.388 e. The predicted molar refractivity (Wildman–Crippen MR) is 255 cm³/mol. The summed E-state index contributed by atoms with van der Waals surface area (Å²) >= 11 is 0. The average Bonchev–Trinajstić information content (AvgIpc) is 3.22. The molecule has 5 nitrogen and oxygen atoms in total. The van der Waals surface area contributed by atoms with Crippen molar-refractivity contribution < 1.29 is 8.78 Å². The van der Waals surface area contributed by atoms with Gasteiger partial charge in [0.05, 0.1) is 5.69 Å². The van der Waals surface area contributed by atoms with Gasteiger partial charge in [0.2, 0.25) is 0 Å². The quantitative estimate of drug-likeness (QED) is 0.113. The van der Waals surface area contributed by atoms with Crippen molar-refractivity contribution in [2.24, 2.45) is 0 Å². The molecule has 0 aliphatic rings. The molecule has 0 heterocycles. The fourth-order valence-electron chi connectivity index (χ4n) is 5.49. The van der Waals surface area contributed by atoms with Gasteiger partial charge in [-0.2, -0.15) is 0 Å². The van der Waals surface area contributed by atoms with Gasteiger partial charge in [-0.25, -0.2) is 8.78 Å². The minimum atomic E-state index is -0.193. The number of hydrogen-bond donors (Lipinski definition) is 4. The van der Waals surface area contributed by atoms with Gasteiger partial charge >= 0.3 is 0 Å². The Morgan fingerprint density at radius 3 is 1.29 bits per heavy atom. The maximum Gasteiger partial charge on any atom is 0.146 e. The first-order valence-corrected chi connectivity index (χ1v) is 20.7. The van der Waals surface area contributed by atoms with E-state index in [1.165, 1.54) is 45.9 Å². The van der Waals surface area contributed by atoms with Gasteiger partial charge in [0.1, 0.15) is 11.6 Å². The number of hydrogen-bond acceptors (Lipinski definition) is 5. The van der Waals surface area contributed by atoms with Crippen molar-refractivity contribution in [3.05, 3.63) is 149 Å². The van der Waals surface area contributed by atoms with Crippen LogP contribution >= 0.6 is 0 Å². The summed E-state index contributed by atoms with van der Waals surface area (Å²) in [5.41, 5.74) is 11.3. The molecule has 0 saturated heterocycles. The van der Waals surface area contributed by atoms with Gasteiger partial charge in [-0.3, -0.25) is 0 Å². The zero-order chi connectivity index (χ0) is 43.9. The molecule has 0 aliphatic heterocycles. The molecule has 318 valence electrons. The monoisotopic (exact) mass is 796 g/mol. The van der Waals surface area contributed by atoms with Crippen molar-refractivity contribution in [2.75, 3.05) is 68.5 Å². The van der Waals surface area contributed by atoms with Crippen molar-refractivity contribution in [3.8, 4) is 0 Å². The summed E-state index contributed by atoms with van der Waals surface area (Å²) in [6.07, 6.45) is 0. The van der Waals surface area contributed by atoms with E-state index in [4.69, 9.17) is 0 Å². The highest BCUT2D eigenvalue weighted by atomic mass is 19.1. The molecule has 4 N–H and O–H groups in total. The van der Waals surface area contributed by atoms with E-state index in [9.17, 15) is 8.78 Å². The molecule has 7 heteroatoms. The van der Waals surface area contributed by atoms with Gasteiger partial charge in [-0.15, -0.1) is 0 Å². The summed E-state index contributed by atoms with van der Waals surface area (Å²) < 4.78 is 26.1. The van der Waals surface area contributed by atoms with Crippen molar-refractivity contribution in [2.45, 2.75) is 98.8 Å². The molecule has 0 bridgehead atoms. The van der Waals surface area contributed by atoms with E-state index in [-0.39, 0.29) is 17.6 Å². The molecule has 0 atom stereocenters. The Kier molecular flexibility index (Phi) is 23.6. The predicted octanol–water partition coefficient (Wildman–Crippen LogP) is 14.6. The molecule has 0 amide bonds. The first-order chi connectivity index (χ1) is 27.4. The largest absolute Gasteiger partial charge is 0.388 e. The van der Waals surface area contributed by atoms with E-state index in [0.717, 1.165) is 16.8 Å². The lowest BCUT2D eigenvalue weighted by molar-refractivity contribution is 0.598. The molecule has 0 aromatic heterocycles. The summed E-state index contributed by atoms with van der Waals surface area (Å²) in [5.74, 6) is 2.22. The molecule has 5 aromatic rings. The second-order valence-corrected chi connectivity index (χ2v) is 16.0. The van der Waals surface area contributed by atoms with Crippen LogP contribution in [0.3, 0.4) is 0 Å². The standard InChI is InChI=1S/C11H17N.2C10H14FN.2C10H15N/c1-9(2)10-6-5-7-11(8-10)12(3)4;1-7(2)9-6-8(12-3)4-5-10(9)11;1-7(2)8-4-5-9(11)10(6-8)12-3;1-8(2)9-4-6-10(11-3)7-5-9;1-8(2)9-5-4-6-10(7-9)11-3/h5-9H,1-4H3;2*4-7,12H,1-3H3;2*4-8,11H,1-3H3. The molecule has 0 radical (unpaired) electrons. The third kappa shape index (κ3) is 18.5. The normalized spacial score (nSPS) is 10.3. The molecular weight excluding hydrogens is 721 g/mol. The Balaban J connectivity index is 0.000000363. The Morgan fingerprint density at radius 1 is 0.397 bits per heavy atom. The minimum absolute atomic E-state index is 0.121. The number of benzene rings is 5. The van der Waals surface area contributed by atoms with Crippen LogP contribution in [0.1, 0.15) is 127 Å². The van der Waals surface area contributed by atoms with Gasteiger partial charge in [0.25, 0.3) is 0 Å². The van der Waals surface area contributed by atoms with E-state index in [1.54, 1.807) is 13.1 Å². The van der Waals surface area contributed by atoms with Crippen LogP contribution in [0.15, 0.2) is 109 Å². The molecule has 0 saturated carbocycles. The van der Waals surface area contributed by atoms with Crippen LogP contribution in [0.5, 0.6) is 0 Å². The molecular formula is C51H75F2N5. The maximum atomic E-state index is 13.1. The molecule has 0 fully saturated rings. The fourth-order valence-corrected chi connectivity index (χ4v) is 5.49. The first-order valence-electron chi connectivity index (χ1n) is 20.7. The van der Waals surface area contributed by atoms with Crippen LogP contribution in [0.4, 0.5) is 37.2 Å². The van der Waals surface area contributed by atoms with Gasteiger partial charge in [-0.05, 0) is 124 Å². The van der Waals surface area contributed by atoms with E-state index in [1.807, 2.05) is 53.2 Å². The second-order valence-electron chi connectivity index (χ2n) is 16.0. The van der Waals surface area contributed by atoms with Crippen molar-refractivity contribution >= 4 is 28.4 Å². The fraction of sp³-hybridized carbons (Fsp3) is 0.412. The van der Waals surface area contributed by atoms with E-state index in [2.05, 4.69) is 168 Å². The van der Waals surface area contributed by atoms with Crippen molar-refractivity contribution in [1.82, 2.24) is 0 Å². The lowest BCUT2D eigenvalue weighted by Gasteiger charge is -2.14. The lowest BCUT2D eigenvalue weighted by Crippen LogP contribution is -2.08. The zero-order valence-electron chi connectivity index (χ0n) is 38.5. The van der Waals surface area contributed by atoms with Gasteiger partial charge in [0, 0.05) is 65.0 Å².